The van der Waals surface area contributed by atoms with Crippen molar-refractivity contribution in [2.24, 2.45) is 0 Å². The highest BCUT2D eigenvalue weighted by molar-refractivity contribution is 6.10. The minimum absolute atomic E-state index is 0.221. The van der Waals surface area contributed by atoms with Crippen molar-refractivity contribution in [3.05, 3.63) is 66.2 Å². The van der Waals surface area contributed by atoms with Gasteiger partial charge in [0.05, 0.1) is 19.8 Å². The van der Waals surface area contributed by atoms with E-state index in [1.807, 2.05) is 48.5 Å². The lowest BCUT2D eigenvalue weighted by Gasteiger charge is -2.12. The second-order valence-corrected chi connectivity index (χ2v) is 5.05. The molecular formula is C19H17NO3. The van der Waals surface area contributed by atoms with Crippen LogP contribution >= 0.6 is 0 Å². The molecule has 4 heteroatoms. The van der Waals surface area contributed by atoms with Gasteiger partial charge in [-0.05, 0) is 23.6 Å². The largest absolute Gasteiger partial charge is 0.497 e. The van der Waals surface area contributed by atoms with Gasteiger partial charge in [0.15, 0.2) is 0 Å². The van der Waals surface area contributed by atoms with Crippen molar-refractivity contribution in [1.82, 2.24) is 0 Å². The Morgan fingerprint density at radius 3 is 2.52 bits per heavy atom. The summed E-state index contributed by atoms with van der Waals surface area (Å²) in [7, 11) is 3.16. The van der Waals surface area contributed by atoms with E-state index in [1.165, 1.54) is 0 Å². The van der Waals surface area contributed by atoms with Gasteiger partial charge in [0.2, 0.25) is 0 Å². The molecule has 0 aliphatic rings. The molecule has 0 fully saturated rings. The number of ether oxygens (including phenoxy) is 2. The van der Waals surface area contributed by atoms with Crippen molar-refractivity contribution >= 4 is 22.4 Å². The summed E-state index contributed by atoms with van der Waals surface area (Å²) in [5.41, 5.74) is 1.17. The monoisotopic (exact) mass is 307 g/mol. The van der Waals surface area contributed by atoms with Gasteiger partial charge in [-0.3, -0.25) is 4.79 Å². The number of amides is 1. The van der Waals surface area contributed by atoms with Crippen LogP contribution in [0.15, 0.2) is 60.7 Å². The molecule has 116 valence electrons. The van der Waals surface area contributed by atoms with E-state index in [4.69, 9.17) is 9.47 Å². The standard InChI is InChI=1S/C19H17NO3/c1-22-15-8-5-7-14(12-15)20-19(21)17-11-10-13-6-3-4-9-16(13)18(17)23-2/h3-12H,1-2H3,(H,20,21). The molecular weight excluding hydrogens is 290 g/mol. The molecule has 0 unspecified atom stereocenters. The number of fused-ring (bicyclic) bond motifs is 1. The van der Waals surface area contributed by atoms with Gasteiger partial charge in [0.25, 0.3) is 5.91 Å². The van der Waals surface area contributed by atoms with Gasteiger partial charge in [0, 0.05) is 17.1 Å². The zero-order valence-electron chi connectivity index (χ0n) is 13.0. The first-order valence-electron chi connectivity index (χ1n) is 7.24. The molecule has 23 heavy (non-hydrogen) atoms. The van der Waals surface area contributed by atoms with E-state index in [9.17, 15) is 4.79 Å². The Morgan fingerprint density at radius 2 is 1.74 bits per heavy atom. The Balaban J connectivity index is 1.97. The first kappa shape index (κ1) is 14.9. The second-order valence-electron chi connectivity index (χ2n) is 5.05. The van der Waals surface area contributed by atoms with Crippen molar-refractivity contribution in [1.29, 1.82) is 0 Å². The SMILES string of the molecule is COc1cccc(NC(=O)c2ccc3ccccc3c2OC)c1. The fourth-order valence-corrected chi connectivity index (χ4v) is 2.54. The van der Waals surface area contributed by atoms with Gasteiger partial charge in [-0.2, -0.15) is 0 Å². The van der Waals surface area contributed by atoms with Crippen LogP contribution in [0.4, 0.5) is 5.69 Å². The summed E-state index contributed by atoms with van der Waals surface area (Å²) >= 11 is 0. The lowest BCUT2D eigenvalue weighted by atomic mass is 10.0. The summed E-state index contributed by atoms with van der Waals surface area (Å²) in [6.07, 6.45) is 0. The van der Waals surface area contributed by atoms with Crippen LogP contribution in [0.2, 0.25) is 0 Å². The highest BCUT2D eigenvalue weighted by atomic mass is 16.5. The van der Waals surface area contributed by atoms with Gasteiger partial charge < -0.3 is 14.8 Å². The number of anilines is 1. The fraction of sp³-hybridized carbons (Fsp3) is 0.105. The van der Waals surface area contributed by atoms with Crippen molar-refractivity contribution in [3.63, 3.8) is 0 Å². The third-order valence-corrected chi connectivity index (χ3v) is 3.66. The first-order valence-corrected chi connectivity index (χ1v) is 7.24. The predicted molar refractivity (Wildman–Crippen MR) is 91.4 cm³/mol. The van der Waals surface area contributed by atoms with Crippen molar-refractivity contribution in [2.45, 2.75) is 0 Å². The van der Waals surface area contributed by atoms with E-state index in [0.29, 0.717) is 22.7 Å². The molecule has 3 aromatic rings. The Kier molecular flexibility index (Phi) is 4.15. The van der Waals surface area contributed by atoms with Crippen LogP contribution in [0, 0.1) is 0 Å². The number of hydrogen-bond acceptors (Lipinski definition) is 3. The molecule has 0 heterocycles. The minimum atomic E-state index is -0.221. The maximum atomic E-state index is 12.6. The molecule has 0 bridgehead atoms. The molecule has 3 aromatic carbocycles. The molecule has 0 spiro atoms. The molecule has 3 rings (SSSR count). The fourth-order valence-electron chi connectivity index (χ4n) is 2.54. The highest BCUT2D eigenvalue weighted by Gasteiger charge is 2.15. The van der Waals surface area contributed by atoms with Crippen LogP contribution in [0.25, 0.3) is 10.8 Å². The zero-order chi connectivity index (χ0) is 16.2. The topological polar surface area (TPSA) is 47.6 Å². The molecule has 0 aliphatic heterocycles. The molecule has 0 saturated carbocycles. The van der Waals surface area contributed by atoms with Crippen molar-refractivity contribution in [3.8, 4) is 11.5 Å². The van der Waals surface area contributed by atoms with Gasteiger partial charge in [-0.15, -0.1) is 0 Å². The predicted octanol–water partition coefficient (Wildman–Crippen LogP) is 4.11. The Hall–Kier alpha value is -3.01. The summed E-state index contributed by atoms with van der Waals surface area (Å²) < 4.78 is 10.6. The molecule has 0 radical (unpaired) electrons. The Morgan fingerprint density at radius 1 is 0.913 bits per heavy atom. The van der Waals surface area contributed by atoms with Crippen LogP contribution in [0.5, 0.6) is 11.5 Å². The van der Waals surface area contributed by atoms with Crippen LogP contribution in [0.1, 0.15) is 10.4 Å². The van der Waals surface area contributed by atoms with Gasteiger partial charge in [-0.1, -0.05) is 36.4 Å². The molecule has 4 nitrogen and oxygen atoms in total. The quantitative estimate of drug-likeness (QED) is 0.789. The maximum absolute atomic E-state index is 12.6. The molecule has 0 aliphatic carbocycles. The van der Waals surface area contributed by atoms with Crippen LogP contribution in [-0.2, 0) is 0 Å². The molecule has 1 amide bonds. The van der Waals surface area contributed by atoms with Crippen LogP contribution < -0.4 is 14.8 Å². The molecule has 0 saturated heterocycles. The molecule has 0 aromatic heterocycles. The van der Waals surface area contributed by atoms with Crippen LogP contribution in [0.3, 0.4) is 0 Å². The summed E-state index contributed by atoms with van der Waals surface area (Å²) in [4.78, 5) is 12.6. The van der Waals surface area contributed by atoms with E-state index < -0.39 is 0 Å². The van der Waals surface area contributed by atoms with E-state index in [-0.39, 0.29) is 5.91 Å². The third kappa shape index (κ3) is 2.97. The number of carbonyl (C=O) groups excluding carboxylic acids is 1. The first-order chi connectivity index (χ1) is 11.2. The van der Waals surface area contributed by atoms with Crippen molar-refractivity contribution in [2.75, 3.05) is 19.5 Å². The summed E-state index contributed by atoms with van der Waals surface area (Å²) in [5.74, 6) is 1.04. The van der Waals surface area contributed by atoms with Crippen molar-refractivity contribution < 1.29 is 14.3 Å². The van der Waals surface area contributed by atoms with Gasteiger partial charge in [-0.25, -0.2) is 0 Å². The highest BCUT2D eigenvalue weighted by Crippen LogP contribution is 2.30. The van der Waals surface area contributed by atoms with Gasteiger partial charge in [0.1, 0.15) is 11.5 Å². The third-order valence-electron chi connectivity index (χ3n) is 3.66. The number of methoxy groups -OCH3 is 2. The average Bonchev–Trinajstić information content (AvgIpc) is 2.60. The smallest absolute Gasteiger partial charge is 0.259 e. The summed E-state index contributed by atoms with van der Waals surface area (Å²) in [6, 6.07) is 18.7. The van der Waals surface area contributed by atoms with E-state index in [1.54, 1.807) is 26.4 Å². The number of hydrogen-bond donors (Lipinski definition) is 1. The Labute approximate surface area is 134 Å². The summed E-state index contributed by atoms with van der Waals surface area (Å²) in [5, 5.41) is 4.81. The number of rotatable bonds is 4. The molecule has 1 N–H and O–H groups in total. The minimum Gasteiger partial charge on any atom is -0.497 e. The van der Waals surface area contributed by atoms with E-state index in [0.717, 1.165) is 10.8 Å². The van der Waals surface area contributed by atoms with E-state index in [2.05, 4.69) is 5.32 Å². The molecule has 0 atom stereocenters. The lowest BCUT2D eigenvalue weighted by molar-refractivity contribution is 0.102. The average molecular weight is 307 g/mol. The lowest BCUT2D eigenvalue weighted by Crippen LogP contribution is -2.13. The zero-order valence-corrected chi connectivity index (χ0v) is 13.0. The maximum Gasteiger partial charge on any atom is 0.259 e. The van der Waals surface area contributed by atoms with Crippen LogP contribution in [-0.4, -0.2) is 20.1 Å². The number of benzene rings is 3. The summed E-state index contributed by atoms with van der Waals surface area (Å²) in [6.45, 7) is 0. The second kappa shape index (κ2) is 6.40. The van der Waals surface area contributed by atoms with Gasteiger partial charge >= 0.3 is 0 Å². The Bertz CT molecular complexity index is 858. The number of nitrogens with one attached hydrogen (secondary N) is 1. The number of carbonyl (C=O) groups is 1. The normalized spacial score (nSPS) is 10.3. The van der Waals surface area contributed by atoms with E-state index >= 15 is 0 Å².